The zero-order valence-corrected chi connectivity index (χ0v) is 26.2. The van der Waals surface area contributed by atoms with Crippen molar-refractivity contribution in [3.05, 3.63) is 114 Å². The molecule has 1 atom stereocenters. The standard InChI is InChI=1S/C33H31ClN2O7S/c1-5-41-25-15-12-21(16-27(25)42-6-2)29-24(32(38)40-4)18-35-33-36(29)31(37)28(44-33)17-22-8-7-9-26(39-3)30(22)43-19-20-10-13-23(34)14-11-20/h7-18,29H,5-6,19H2,1-4H3/b28-17+/t29-/m1/s1. The van der Waals surface area contributed by atoms with Gasteiger partial charge in [-0.2, -0.15) is 0 Å². The number of carbonyl (C=O) groups excluding carboxylic acids is 1. The fourth-order valence-electron chi connectivity index (χ4n) is 4.83. The number of carbonyl (C=O) groups is 1. The molecule has 0 aliphatic carbocycles. The molecule has 3 aromatic carbocycles. The fourth-order valence-corrected chi connectivity index (χ4v) is 5.91. The van der Waals surface area contributed by atoms with Crippen molar-refractivity contribution in [3.63, 3.8) is 0 Å². The van der Waals surface area contributed by atoms with E-state index in [0.29, 0.717) is 61.7 Å². The third-order valence-corrected chi connectivity index (χ3v) is 8.07. The summed E-state index contributed by atoms with van der Waals surface area (Å²) in [6.07, 6.45) is 3.20. The van der Waals surface area contributed by atoms with Crippen LogP contribution < -0.4 is 33.8 Å². The Labute approximate surface area is 263 Å². The van der Waals surface area contributed by atoms with Crippen LogP contribution in [0.3, 0.4) is 0 Å². The van der Waals surface area contributed by atoms with Gasteiger partial charge in [0.15, 0.2) is 27.8 Å². The van der Waals surface area contributed by atoms with Crippen LogP contribution in [0.1, 0.15) is 36.6 Å². The Bertz CT molecular complexity index is 1880. The highest BCUT2D eigenvalue weighted by Gasteiger charge is 2.31. The molecule has 5 rings (SSSR count). The van der Waals surface area contributed by atoms with E-state index < -0.39 is 12.0 Å². The van der Waals surface area contributed by atoms with Crippen molar-refractivity contribution >= 4 is 35.0 Å². The summed E-state index contributed by atoms with van der Waals surface area (Å²) in [5.74, 6) is 1.48. The molecule has 0 bridgehead atoms. The summed E-state index contributed by atoms with van der Waals surface area (Å²) in [6, 6.07) is 17.4. The maximum Gasteiger partial charge on any atom is 0.337 e. The molecule has 0 radical (unpaired) electrons. The van der Waals surface area contributed by atoms with Crippen LogP contribution in [0.25, 0.3) is 6.08 Å². The number of aromatic nitrogens is 1. The Kier molecular flexibility index (Phi) is 9.72. The highest BCUT2D eigenvalue weighted by Crippen LogP contribution is 2.35. The lowest BCUT2D eigenvalue weighted by atomic mass is 9.97. The van der Waals surface area contributed by atoms with Gasteiger partial charge in [-0.15, -0.1) is 0 Å². The van der Waals surface area contributed by atoms with Crippen molar-refractivity contribution in [2.24, 2.45) is 4.99 Å². The van der Waals surface area contributed by atoms with Crippen LogP contribution in [0, 0.1) is 0 Å². The number of rotatable bonds is 11. The number of nitrogens with zero attached hydrogens (tertiary/aromatic N) is 2. The van der Waals surface area contributed by atoms with Gasteiger partial charge >= 0.3 is 5.97 Å². The van der Waals surface area contributed by atoms with E-state index in [1.165, 1.54) is 29.2 Å². The third kappa shape index (κ3) is 6.36. The van der Waals surface area contributed by atoms with Crippen LogP contribution in [-0.4, -0.2) is 38.0 Å². The fraction of sp³-hybridized carbons (Fsp3) is 0.242. The normalized spacial score (nSPS) is 14.2. The molecule has 1 aliphatic rings. The van der Waals surface area contributed by atoms with E-state index in [2.05, 4.69) is 4.99 Å². The summed E-state index contributed by atoms with van der Waals surface area (Å²) < 4.78 is 30.3. The SMILES string of the molecule is CCOc1ccc([C@@H]2C(C(=O)OC)=CN=c3s/c(=C/c4cccc(OC)c4OCc4ccc(Cl)cc4)c(=O)n32)cc1OCC. The highest BCUT2D eigenvalue weighted by molar-refractivity contribution is 7.07. The molecule has 0 saturated carbocycles. The molecule has 0 spiro atoms. The van der Waals surface area contributed by atoms with Crippen molar-refractivity contribution in [2.75, 3.05) is 27.4 Å². The van der Waals surface area contributed by atoms with Gasteiger partial charge < -0.3 is 23.7 Å². The number of hydrogen-bond donors (Lipinski definition) is 0. The lowest BCUT2D eigenvalue weighted by Crippen LogP contribution is -2.39. The minimum atomic E-state index is -0.804. The van der Waals surface area contributed by atoms with E-state index >= 15 is 0 Å². The van der Waals surface area contributed by atoms with Crippen molar-refractivity contribution in [1.82, 2.24) is 4.57 Å². The van der Waals surface area contributed by atoms with E-state index in [1.807, 2.05) is 44.2 Å². The van der Waals surface area contributed by atoms with Gasteiger partial charge in [0, 0.05) is 16.8 Å². The Balaban J connectivity index is 1.61. The van der Waals surface area contributed by atoms with Crippen LogP contribution in [0.2, 0.25) is 5.02 Å². The number of para-hydroxylation sites is 1. The number of methoxy groups -OCH3 is 2. The molecule has 9 nitrogen and oxygen atoms in total. The summed E-state index contributed by atoms with van der Waals surface area (Å²) in [4.78, 5) is 31.9. The van der Waals surface area contributed by atoms with E-state index in [1.54, 1.807) is 43.5 Å². The Morgan fingerprint density at radius 1 is 0.977 bits per heavy atom. The zero-order valence-electron chi connectivity index (χ0n) is 24.7. The Morgan fingerprint density at radius 3 is 2.43 bits per heavy atom. The first kappa shape index (κ1) is 30.9. The molecule has 2 heterocycles. The molecule has 0 N–H and O–H groups in total. The molecular formula is C33H31ClN2O7S. The predicted octanol–water partition coefficient (Wildman–Crippen LogP) is 5.06. The molecule has 44 heavy (non-hydrogen) atoms. The lowest BCUT2D eigenvalue weighted by Gasteiger charge is -2.23. The van der Waals surface area contributed by atoms with E-state index in [0.717, 1.165) is 5.56 Å². The molecule has 0 fully saturated rings. The molecule has 4 aromatic rings. The topological polar surface area (TPSA) is 97.6 Å². The van der Waals surface area contributed by atoms with Gasteiger partial charge in [-0.25, -0.2) is 9.79 Å². The Hall–Kier alpha value is -4.54. The van der Waals surface area contributed by atoms with E-state index in [4.69, 9.17) is 35.3 Å². The minimum absolute atomic E-state index is 0.214. The number of fused-ring (bicyclic) bond motifs is 1. The second kappa shape index (κ2) is 13.8. The number of halogens is 1. The number of thiazole rings is 1. The number of hydrogen-bond acceptors (Lipinski definition) is 9. The van der Waals surface area contributed by atoms with Crippen molar-refractivity contribution in [3.8, 4) is 23.0 Å². The van der Waals surface area contributed by atoms with Crippen LogP contribution in [0.15, 0.2) is 82.2 Å². The first-order chi connectivity index (χ1) is 21.4. The summed E-state index contributed by atoms with van der Waals surface area (Å²) in [5.41, 5.74) is 2.09. The average Bonchev–Trinajstić information content (AvgIpc) is 3.35. The van der Waals surface area contributed by atoms with Gasteiger partial charge in [0.2, 0.25) is 0 Å². The molecule has 228 valence electrons. The van der Waals surface area contributed by atoms with Gasteiger partial charge in [-0.3, -0.25) is 9.36 Å². The maximum atomic E-state index is 14.1. The van der Waals surface area contributed by atoms with Gasteiger partial charge in [0.1, 0.15) is 6.61 Å². The van der Waals surface area contributed by atoms with Crippen LogP contribution >= 0.6 is 22.9 Å². The summed E-state index contributed by atoms with van der Waals surface area (Å²) in [7, 11) is 2.85. The quantitative estimate of drug-likeness (QED) is 0.213. The van der Waals surface area contributed by atoms with Gasteiger partial charge in [-0.05, 0) is 61.4 Å². The molecule has 11 heteroatoms. The molecule has 1 aromatic heterocycles. The number of esters is 1. The van der Waals surface area contributed by atoms with Crippen molar-refractivity contribution < 1.29 is 28.5 Å². The molecule has 1 aliphatic heterocycles. The van der Waals surface area contributed by atoms with Crippen molar-refractivity contribution in [1.29, 1.82) is 0 Å². The first-order valence-corrected chi connectivity index (χ1v) is 15.1. The monoisotopic (exact) mass is 634 g/mol. The lowest BCUT2D eigenvalue weighted by molar-refractivity contribution is -0.136. The van der Waals surface area contributed by atoms with E-state index in [9.17, 15) is 9.59 Å². The zero-order chi connectivity index (χ0) is 31.2. The second-order valence-electron chi connectivity index (χ2n) is 9.54. The number of benzene rings is 3. The Morgan fingerprint density at radius 2 is 1.73 bits per heavy atom. The molecular weight excluding hydrogens is 604 g/mol. The van der Waals surface area contributed by atoms with Gasteiger partial charge in [0.05, 0.1) is 43.6 Å². The smallest absolute Gasteiger partial charge is 0.337 e. The minimum Gasteiger partial charge on any atom is -0.493 e. The summed E-state index contributed by atoms with van der Waals surface area (Å²) >= 11 is 7.24. The summed E-state index contributed by atoms with van der Waals surface area (Å²) in [5, 5.41) is 0.634. The largest absolute Gasteiger partial charge is 0.493 e. The molecule has 0 saturated heterocycles. The van der Waals surface area contributed by atoms with Gasteiger partial charge in [0.25, 0.3) is 5.56 Å². The molecule has 0 amide bonds. The average molecular weight is 635 g/mol. The number of ether oxygens (including phenoxy) is 5. The van der Waals surface area contributed by atoms with Gasteiger partial charge in [-0.1, -0.05) is 53.3 Å². The highest BCUT2D eigenvalue weighted by atomic mass is 35.5. The second-order valence-corrected chi connectivity index (χ2v) is 11.0. The maximum absolute atomic E-state index is 14.1. The van der Waals surface area contributed by atoms with Crippen LogP contribution in [0.5, 0.6) is 23.0 Å². The van der Waals surface area contributed by atoms with Crippen LogP contribution in [-0.2, 0) is 16.1 Å². The first-order valence-electron chi connectivity index (χ1n) is 13.9. The summed E-state index contributed by atoms with van der Waals surface area (Å²) in [6.45, 7) is 4.89. The van der Waals surface area contributed by atoms with Crippen LogP contribution in [0.4, 0.5) is 0 Å². The van der Waals surface area contributed by atoms with E-state index in [-0.39, 0.29) is 17.7 Å². The van der Waals surface area contributed by atoms with Crippen molar-refractivity contribution in [2.45, 2.75) is 26.5 Å². The molecule has 0 unspecified atom stereocenters. The third-order valence-electron chi connectivity index (χ3n) is 6.82. The predicted molar refractivity (Wildman–Crippen MR) is 169 cm³/mol.